The number of sulfonamides is 1. The number of nitrogens with one attached hydrogen (secondary N) is 1. The lowest BCUT2D eigenvalue weighted by atomic mass is 10.1. The van der Waals surface area contributed by atoms with Crippen molar-refractivity contribution < 1.29 is 17.9 Å². The number of hydrogen-bond acceptors (Lipinski definition) is 4. The molecule has 0 aliphatic rings. The van der Waals surface area contributed by atoms with Crippen molar-refractivity contribution in [1.29, 1.82) is 0 Å². The van der Waals surface area contributed by atoms with E-state index in [1.165, 1.54) is 4.31 Å². The number of methoxy groups -OCH3 is 1. The first-order valence-corrected chi connectivity index (χ1v) is 10.3. The quantitative estimate of drug-likeness (QED) is 0.751. The van der Waals surface area contributed by atoms with Crippen molar-refractivity contribution in [1.82, 2.24) is 9.62 Å². The van der Waals surface area contributed by atoms with Gasteiger partial charge in [-0.3, -0.25) is 4.79 Å². The topological polar surface area (TPSA) is 75.7 Å². The molecular weight excluding hydrogens is 364 g/mol. The van der Waals surface area contributed by atoms with Crippen molar-refractivity contribution in [3.63, 3.8) is 0 Å². The highest BCUT2D eigenvalue weighted by Crippen LogP contribution is 2.20. The molecule has 2 aromatic rings. The second-order valence-electron chi connectivity index (χ2n) is 6.08. The van der Waals surface area contributed by atoms with Gasteiger partial charge in [0, 0.05) is 18.7 Å². The van der Waals surface area contributed by atoms with Crippen molar-refractivity contribution in [2.24, 2.45) is 0 Å². The highest BCUT2D eigenvalue weighted by Gasteiger charge is 2.21. The van der Waals surface area contributed by atoms with Crippen molar-refractivity contribution in [3.05, 3.63) is 59.7 Å². The Morgan fingerprint density at radius 1 is 1.04 bits per heavy atom. The predicted molar refractivity (Wildman–Crippen MR) is 105 cm³/mol. The number of amides is 1. The third kappa shape index (κ3) is 4.87. The van der Waals surface area contributed by atoms with E-state index in [0.29, 0.717) is 24.4 Å². The van der Waals surface area contributed by atoms with Gasteiger partial charge in [0.15, 0.2) is 0 Å². The number of ether oxygens (including phenoxy) is 1. The molecule has 0 spiro atoms. The number of hydrogen-bond donors (Lipinski definition) is 1. The molecule has 0 aliphatic heterocycles. The fraction of sp³-hybridized carbons (Fsp3) is 0.350. The fourth-order valence-electron chi connectivity index (χ4n) is 2.75. The van der Waals surface area contributed by atoms with E-state index in [0.717, 1.165) is 5.56 Å². The van der Waals surface area contributed by atoms with Crippen LogP contribution in [0.3, 0.4) is 0 Å². The molecule has 0 fully saturated rings. The Labute approximate surface area is 161 Å². The zero-order chi connectivity index (χ0) is 20.0. The van der Waals surface area contributed by atoms with Gasteiger partial charge in [-0.25, -0.2) is 8.42 Å². The molecule has 7 heteroatoms. The molecule has 0 radical (unpaired) electrons. The van der Waals surface area contributed by atoms with Gasteiger partial charge in [-0.1, -0.05) is 26.0 Å². The standard InChI is InChI=1S/C20H26N2O4S/c1-5-22(6-2)27(24,25)19-13-9-16(10-14-19)15(3)21-20(23)17-7-11-18(26-4)12-8-17/h7-15H,5-6H2,1-4H3,(H,21,23). The fourth-order valence-corrected chi connectivity index (χ4v) is 4.20. The molecule has 0 aromatic heterocycles. The Balaban J connectivity index is 2.10. The summed E-state index contributed by atoms with van der Waals surface area (Å²) >= 11 is 0. The van der Waals surface area contributed by atoms with E-state index in [-0.39, 0.29) is 16.8 Å². The normalized spacial score (nSPS) is 12.6. The number of carbonyl (C=O) groups is 1. The van der Waals surface area contributed by atoms with Crippen LogP contribution >= 0.6 is 0 Å². The van der Waals surface area contributed by atoms with Crippen LogP contribution in [-0.4, -0.2) is 38.8 Å². The summed E-state index contributed by atoms with van der Waals surface area (Å²) < 4.78 is 31.6. The lowest BCUT2D eigenvalue weighted by molar-refractivity contribution is 0.0940. The summed E-state index contributed by atoms with van der Waals surface area (Å²) in [4.78, 5) is 12.6. The minimum Gasteiger partial charge on any atom is -0.497 e. The van der Waals surface area contributed by atoms with Crippen LogP contribution in [0.25, 0.3) is 0 Å². The minimum absolute atomic E-state index is 0.204. The maximum atomic E-state index is 12.5. The highest BCUT2D eigenvalue weighted by atomic mass is 32.2. The Morgan fingerprint density at radius 2 is 1.59 bits per heavy atom. The number of nitrogens with zero attached hydrogens (tertiary/aromatic N) is 1. The molecule has 0 bridgehead atoms. The van der Waals surface area contributed by atoms with Gasteiger partial charge >= 0.3 is 0 Å². The largest absolute Gasteiger partial charge is 0.497 e. The van der Waals surface area contributed by atoms with E-state index in [9.17, 15) is 13.2 Å². The van der Waals surface area contributed by atoms with Gasteiger partial charge < -0.3 is 10.1 Å². The van der Waals surface area contributed by atoms with E-state index in [1.54, 1.807) is 55.6 Å². The third-order valence-electron chi connectivity index (χ3n) is 4.42. The third-order valence-corrected chi connectivity index (χ3v) is 6.49. The molecule has 0 aliphatic carbocycles. The van der Waals surface area contributed by atoms with E-state index in [2.05, 4.69) is 5.32 Å². The van der Waals surface area contributed by atoms with E-state index in [1.807, 2.05) is 20.8 Å². The smallest absolute Gasteiger partial charge is 0.251 e. The average molecular weight is 391 g/mol. The SMILES string of the molecule is CCN(CC)S(=O)(=O)c1ccc(C(C)NC(=O)c2ccc(OC)cc2)cc1. The Morgan fingerprint density at radius 3 is 2.07 bits per heavy atom. The zero-order valence-corrected chi connectivity index (χ0v) is 16.9. The molecule has 2 aromatic carbocycles. The van der Waals surface area contributed by atoms with Crippen LogP contribution in [0, 0.1) is 0 Å². The van der Waals surface area contributed by atoms with E-state index in [4.69, 9.17) is 4.74 Å². The molecule has 1 N–H and O–H groups in total. The van der Waals surface area contributed by atoms with Gasteiger partial charge in [-0.05, 0) is 48.9 Å². The maximum absolute atomic E-state index is 12.5. The Kier molecular flexibility index (Phi) is 6.98. The van der Waals surface area contributed by atoms with Crippen LogP contribution < -0.4 is 10.1 Å². The minimum atomic E-state index is -3.48. The van der Waals surface area contributed by atoms with E-state index >= 15 is 0 Å². The van der Waals surface area contributed by atoms with Crippen molar-refractivity contribution in [2.45, 2.75) is 31.7 Å². The maximum Gasteiger partial charge on any atom is 0.251 e. The number of carbonyl (C=O) groups excluding carboxylic acids is 1. The Hall–Kier alpha value is -2.38. The summed E-state index contributed by atoms with van der Waals surface area (Å²) in [6.07, 6.45) is 0. The van der Waals surface area contributed by atoms with Crippen LogP contribution in [0.2, 0.25) is 0 Å². The van der Waals surface area contributed by atoms with Crippen molar-refractivity contribution in [2.75, 3.05) is 20.2 Å². The van der Waals surface area contributed by atoms with Crippen molar-refractivity contribution in [3.8, 4) is 5.75 Å². The monoisotopic (exact) mass is 390 g/mol. The lowest BCUT2D eigenvalue weighted by Crippen LogP contribution is -2.30. The molecule has 1 amide bonds. The molecule has 2 rings (SSSR count). The van der Waals surface area contributed by atoms with Crippen LogP contribution in [0.15, 0.2) is 53.4 Å². The molecule has 146 valence electrons. The van der Waals surface area contributed by atoms with Gasteiger partial charge in [0.25, 0.3) is 5.91 Å². The summed E-state index contributed by atoms with van der Waals surface area (Å²) in [6, 6.07) is 13.2. The lowest BCUT2D eigenvalue weighted by Gasteiger charge is -2.19. The second kappa shape index (κ2) is 9.01. The first-order chi connectivity index (χ1) is 12.8. The van der Waals surface area contributed by atoms with Gasteiger partial charge in [0.2, 0.25) is 10.0 Å². The van der Waals surface area contributed by atoms with Gasteiger partial charge in [-0.2, -0.15) is 4.31 Å². The summed E-state index contributed by atoms with van der Waals surface area (Å²) in [5.41, 5.74) is 1.36. The van der Waals surface area contributed by atoms with Crippen LogP contribution in [0.5, 0.6) is 5.75 Å². The number of rotatable bonds is 8. The summed E-state index contributed by atoms with van der Waals surface area (Å²) in [5, 5.41) is 2.91. The van der Waals surface area contributed by atoms with Gasteiger partial charge in [-0.15, -0.1) is 0 Å². The molecule has 0 saturated carbocycles. The predicted octanol–water partition coefficient (Wildman–Crippen LogP) is 3.22. The average Bonchev–Trinajstić information content (AvgIpc) is 2.68. The molecule has 0 heterocycles. The van der Waals surface area contributed by atoms with Gasteiger partial charge in [0.1, 0.15) is 5.75 Å². The van der Waals surface area contributed by atoms with Crippen LogP contribution in [0.1, 0.15) is 42.7 Å². The van der Waals surface area contributed by atoms with Crippen LogP contribution in [0.4, 0.5) is 0 Å². The molecule has 1 unspecified atom stereocenters. The summed E-state index contributed by atoms with van der Waals surface area (Å²) in [7, 11) is -1.91. The first kappa shape index (κ1) is 20.9. The number of benzene rings is 2. The highest BCUT2D eigenvalue weighted by molar-refractivity contribution is 7.89. The van der Waals surface area contributed by atoms with E-state index < -0.39 is 10.0 Å². The molecular formula is C20H26N2O4S. The first-order valence-electron chi connectivity index (χ1n) is 8.88. The Bertz CT molecular complexity index is 858. The van der Waals surface area contributed by atoms with Gasteiger partial charge in [0.05, 0.1) is 18.0 Å². The zero-order valence-electron chi connectivity index (χ0n) is 16.1. The summed E-state index contributed by atoms with van der Waals surface area (Å²) in [6.45, 7) is 6.33. The molecule has 27 heavy (non-hydrogen) atoms. The summed E-state index contributed by atoms with van der Waals surface area (Å²) in [5.74, 6) is 0.481. The molecule has 1 atom stereocenters. The van der Waals surface area contributed by atoms with Crippen molar-refractivity contribution >= 4 is 15.9 Å². The molecule has 6 nitrogen and oxygen atoms in total. The van der Waals surface area contributed by atoms with Crippen LogP contribution in [-0.2, 0) is 10.0 Å². The molecule has 0 saturated heterocycles. The second-order valence-corrected chi connectivity index (χ2v) is 8.02.